The first-order chi connectivity index (χ1) is 9.29. The Hall–Kier alpha value is -0.830. The van der Waals surface area contributed by atoms with E-state index in [-0.39, 0.29) is 11.5 Å². The average molecular weight is 280 g/mol. The van der Waals surface area contributed by atoms with Crippen LogP contribution in [0.4, 0.5) is 0 Å². The highest BCUT2D eigenvalue weighted by Gasteiger charge is 2.26. The summed E-state index contributed by atoms with van der Waals surface area (Å²) in [7, 11) is 1.93. The van der Waals surface area contributed by atoms with E-state index in [4.69, 9.17) is 0 Å². The van der Waals surface area contributed by atoms with Crippen LogP contribution in [0.3, 0.4) is 0 Å². The molecule has 0 spiro atoms. The fourth-order valence-electron chi connectivity index (χ4n) is 2.76. The Bertz CT molecular complexity index is 404. The predicted molar refractivity (Wildman–Crippen MR) is 84.8 cm³/mol. The molecule has 0 saturated carbocycles. The van der Waals surface area contributed by atoms with Gasteiger partial charge in [0.25, 0.3) is 0 Å². The molecular formula is C17H32N2O. The molecule has 20 heavy (non-hydrogen) atoms. The zero-order valence-electron chi connectivity index (χ0n) is 14.1. The maximum Gasteiger partial charge on any atom is 0.0826 e. The van der Waals surface area contributed by atoms with E-state index in [2.05, 4.69) is 39.7 Å². The first kappa shape index (κ1) is 17.2. The van der Waals surface area contributed by atoms with Crippen LogP contribution in [0.1, 0.15) is 84.1 Å². The number of aliphatic hydroxyl groups is 1. The SMILES string of the molecule is CCCCC(CC)CC(O)c1cn(C)nc1C(C)(C)C. The van der Waals surface area contributed by atoms with Crippen LogP contribution in [0, 0.1) is 5.92 Å². The maximum absolute atomic E-state index is 10.6. The minimum atomic E-state index is -0.389. The van der Waals surface area contributed by atoms with Crippen LogP contribution in [0.15, 0.2) is 6.20 Å². The van der Waals surface area contributed by atoms with Crippen LogP contribution in [0.2, 0.25) is 0 Å². The van der Waals surface area contributed by atoms with Gasteiger partial charge >= 0.3 is 0 Å². The second-order valence-electron chi connectivity index (χ2n) is 7.02. The van der Waals surface area contributed by atoms with E-state index in [9.17, 15) is 5.11 Å². The van der Waals surface area contributed by atoms with Gasteiger partial charge in [-0.3, -0.25) is 4.68 Å². The molecular weight excluding hydrogens is 248 g/mol. The Morgan fingerprint density at radius 2 is 1.95 bits per heavy atom. The van der Waals surface area contributed by atoms with Gasteiger partial charge in [-0.15, -0.1) is 0 Å². The first-order valence-electron chi connectivity index (χ1n) is 8.01. The van der Waals surface area contributed by atoms with E-state index in [0.717, 1.165) is 24.1 Å². The lowest BCUT2D eigenvalue weighted by atomic mass is 9.85. The number of nitrogens with zero attached hydrogens (tertiary/aromatic N) is 2. The van der Waals surface area contributed by atoms with Crippen molar-refractivity contribution in [2.24, 2.45) is 13.0 Å². The zero-order chi connectivity index (χ0) is 15.3. The number of aliphatic hydroxyl groups excluding tert-OH is 1. The second-order valence-corrected chi connectivity index (χ2v) is 7.02. The molecule has 1 aromatic rings. The van der Waals surface area contributed by atoms with Gasteiger partial charge in [-0.05, 0) is 12.3 Å². The summed E-state index contributed by atoms with van der Waals surface area (Å²) in [4.78, 5) is 0. The molecule has 0 aliphatic heterocycles. The van der Waals surface area contributed by atoms with Gasteiger partial charge in [-0.25, -0.2) is 0 Å². The predicted octanol–water partition coefficient (Wildman–Crippen LogP) is 4.36. The minimum absolute atomic E-state index is 0.0251. The van der Waals surface area contributed by atoms with Gasteiger partial charge < -0.3 is 5.11 Å². The van der Waals surface area contributed by atoms with Crippen molar-refractivity contribution in [2.45, 2.75) is 78.2 Å². The fraction of sp³-hybridized carbons (Fsp3) is 0.824. The van der Waals surface area contributed by atoms with Crippen molar-refractivity contribution < 1.29 is 5.11 Å². The fourth-order valence-corrected chi connectivity index (χ4v) is 2.76. The number of aromatic nitrogens is 2. The largest absolute Gasteiger partial charge is 0.388 e. The van der Waals surface area contributed by atoms with E-state index in [1.807, 2.05) is 17.9 Å². The molecule has 2 atom stereocenters. The molecule has 0 aliphatic carbocycles. The summed E-state index contributed by atoms with van der Waals surface area (Å²) in [5.41, 5.74) is 2.01. The molecule has 0 amide bonds. The average Bonchev–Trinajstić information content (AvgIpc) is 2.76. The van der Waals surface area contributed by atoms with Crippen LogP contribution in [0.25, 0.3) is 0 Å². The lowest BCUT2D eigenvalue weighted by molar-refractivity contribution is 0.137. The van der Waals surface area contributed by atoms with Crippen molar-refractivity contribution in [1.29, 1.82) is 0 Å². The number of rotatable bonds is 7. The number of hydrogen-bond donors (Lipinski definition) is 1. The van der Waals surface area contributed by atoms with Crippen molar-refractivity contribution in [3.05, 3.63) is 17.5 Å². The standard InChI is InChI=1S/C17H32N2O/c1-7-9-10-13(8-2)11-15(20)14-12-19(6)18-16(14)17(3,4)5/h12-13,15,20H,7-11H2,1-6H3. The van der Waals surface area contributed by atoms with Crippen molar-refractivity contribution in [3.63, 3.8) is 0 Å². The van der Waals surface area contributed by atoms with Gasteiger partial charge in [0.1, 0.15) is 0 Å². The van der Waals surface area contributed by atoms with Crippen molar-refractivity contribution >= 4 is 0 Å². The van der Waals surface area contributed by atoms with Gasteiger partial charge in [0, 0.05) is 24.2 Å². The van der Waals surface area contributed by atoms with Crippen LogP contribution >= 0.6 is 0 Å². The summed E-state index contributed by atoms with van der Waals surface area (Å²) in [5.74, 6) is 0.609. The third-order valence-electron chi connectivity index (χ3n) is 4.03. The third kappa shape index (κ3) is 4.62. The van der Waals surface area contributed by atoms with Crippen LogP contribution in [0.5, 0.6) is 0 Å². The lowest BCUT2D eigenvalue weighted by Gasteiger charge is -2.22. The smallest absolute Gasteiger partial charge is 0.0826 e. The number of hydrogen-bond acceptors (Lipinski definition) is 2. The molecule has 0 bridgehead atoms. The summed E-state index contributed by atoms with van der Waals surface area (Å²) in [6.07, 6.45) is 7.29. The molecule has 0 radical (unpaired) electrons. The molecule has 2 unspecified atom stereocenters. The maximum atomic E-state index is 10.6. The monoisotopic (exact) mass is 280 g/mol. The Labute approximate surface area is 124 Å². The summed E-state index contributed by atoms with van der Waals surface area (Å²) < 4.78 is 1.83. The Kier molecular flexibility index (Phi) is 6.25. The quantitative estimate of drug-likeness (QED) is 0.806. The van der Waals surface area contributed by atoms with E-state index >= 15 is 0 Å². The highest BCUT2D eigenvalue weighted by Crippen LogP contribution is 2.33. The van der Waals surface area contributed by atoms with E-state index in [1.165, 1.54) is 19.3 Å². The third-order valence-corrected chi connectivity index (χ3v) is 4.03. The zero-order valence-corrected chi connectivity index (χ0v) is 14.1. The summed E-state index contributed by atoms with van der Waals surface area (Å²) in [5, 5.41) is 15.2. The van der Waals surface area contributed by atoms with E-state index in [0.29, 0.717) is 5.92 Å². The van der Waals surface area contributed by atoms with Crippen molar-refractivity contribution in [2.75, 3.05) is 0 Å². The van der Waals surface area contributed by atoms with Crippen LogP contribution in [-0.4, -0.2) is 14.9 Å². The van der Waals surface area contributed by atoms with Gasteiger partial charge in [-0.2, -0.15) is 5.10 Å². The molecule has 0 aliphatic rings. The number of unbranched alkanes of at least 4 members (excludes halogenated alkanes) is 1. The molecule has 0 saturated heterocycles. The molecule has 3 nitrogen and oxygen atoms in total. The normalized spacial score (nSPS) is 15.3. The Morgan fingerprint density at radius 3 is 2.45 bits per heavy atom. The summed E-state index contributed by atoms with van der Waals surface area (Å²) in [6, 6.07) is 0. The molecule has 0 fully saturated rings. The first-order valence-corrected chi connectivity index (χ1v) is 8.01. The molecule has 3 heteroatoms. The lowest BCUT2D eigenvalue weighted by Crippen LogP contribution is -2.17. The molecule has 0 aromatic carbocycles. The molecule has 1 heterocycles. The topological polar surface area (TPSA) is 38.0 Å². The van der Waals surface area contributed by atoms with E-state index < -0.39 is 0 Å². The minimum Gasteiger partial charge on any atom is -0.388 e. The molecule has 1 rings (SSSR count). The van der Waals surface area contributed by atoms with E-state index in [1.54, 1.807) is 0 Å². The highest BCUT2D eigenvalue weighted by molar-refractivity contribution is 5.26. The molecule has 1 N–H and O–H groups in total. The van der Waals surface area contributed by atoms with Crippen molar-refractivity contribution in [3.8, 4) is 0 Å². The van der Waals surface area contributed by atoms with Gasteiger partial charge in [0.15, 0.2) is 0 Å². The van der Waals surface area contributed by atoms with Crippen LogP contribution in [-0.2, 0) is 12.5 Å². The van der Waals surface area contributed by atoms with Crippen LogP contribution < -0.4 is 0 Å². The Morgan fingerprint density at radius 1 is 1.30 bits per heavy atom. The molecule has 1 aromatic heterocycles. The van der Waals surface area contributed by atoms with Gasteiger partial charge in [0.2, 0.25) is 0 Å². The second kappa shape index (κ2) is 7.26. The Balaban J connectivity index is 2.83. The molecule has 116 valence electrons. The van der Waals surface area contributed by atoms with Gasteiger partial charge in [-0.1, -0.05) is 60.3 Å². The number of aryl methyl sites for hydroxylation is 1. The van der Waals surface area contributed by atoms with Gasteiger partial charge in [0.05, 0.1) is 11.8 Å². The summed E-state index contributed by atoms with van der Waals surface area (Å²) >= 11 is 0. The summed E-state index contributed by atoms with van der Waals surface area (Å²) in [6.45, 7) is 10.9. The highest BCUT2D eigenvalue weighted by atomic mass is 16.3. The van der Waals surface area contributed by atoms with Crippen molar-refractivity contribution in [1.82, 2.24) is 9.78 Å².